The molecule has 0 N–H and O–H groups in total. The molecule has 0 aliphatic heterocycles. The van der Waals surface area contributed by atoms with Gasteiger partial charge in [0.05, 0.1) is 5.41 Å². The van der Waals surface area contributed by atoms with Gasteiger partial charge in [-0.1, -0.05) is 11.6 Å². The number of carbonyl (C=O) groups excluding carboxylic acids is 2. The zero-order valence-electron chi connectivity index (χ0n) is 14.1. The number of hydrogen-bond donors (Lipinski definition) is 0. The summed E-state index contributed by atoms with van der Waals surface area (Å²) >= 11 is 0. The van der Waals surface area contributed by atoms with Crippen molar-refractivity contribution in [1.82, 2.24) is 0 Å². The van der Waals surface area contributed by atoms with Gasteiger partial charge in [0.2, 0.25) is 0 Å². The molecule has 0 aliphatic carbocycles. The van der Waals surface area contributed by atoms with Crippen LogP contribution in [0.25, 0.3) is 0 Å². The Balaban J connectivity index is 4.02. The molecule has 0 spiro atoms. The fraction of sp³-hybridized carbons (Fsp3) is 0.647. The van der Waals surface area contributed by atoms with Crippen molar-refractivity contribution < 1.29 is 19.1 Å². The quantitative estimate of drug-likeness (QED) is 0.529. The topological polar surface area (TPSA) is 52.6 Å². The molecule has 0 unspecified atom stereocenters. The number of rotatable bonds is 7. The minimum Gasteiger partial charge on any atom is -0.462 e. The van der Waals surface area contributed by atoms with Crippen molar-refractivity contribution >= 4 is 11.9 Å². The van der Waals surface area contributed by atoms with E-state index in [1.807, 2.05) is 40.7 Å². The second-order valence-electron chi connectivity index (χ2n) is 6.27. The number of carbonyl (C=O) groups is 2. The van der Waals surface area contributed by atoms with E-state index in [-0.39, 0.29) is 11.9 Å². The molecule has 120 valence electrons. The summed E-state index contributed by atoms with van der Waals surface area (Å²) < 4.78 is 10.1. The zero-order chi connectivity index (χ0) is 16.5. The van der Waals surface area contributed by atoms with E-state index in [0.717, 1.165) is 18.4 Å². The Morgan fingerprint density at radius 3 is 2.10 bits per heavy atom. The third-order valence-electron chi connectivity index (χ3n) is 2.79. The van der Waals surface area contributed by atoms with Crippen LogP contribution in [0.15, 0.2) is 23.3 Å². The maximum atomic E-state index is 11.6. The summed E-state index contributed by atoms with van der Waals surface area (Å²) in [5.41, 5.74) is 1.75. The van der Waals surface area contributed by atoms with Crippen LogP contribution in [0.2, 0.25) is 0 Å². The molecule has 0 heterocycles. The predicted molar refractivity (Wildman–Crippen MR) is 83.8 cm³/mol. The Morgan fingerprint density at radius 1 is 0.952 bits per heavy atom. The van der Waals surface area contributed by atoms with Crippen LogP contribution in [-0.4, -0.2) is 25.2 Å². The molecule has 0 bridgehead atoms. The molecule has 4 heteroatoms. The molecule has 0 aliphatic rings. The first-order valence-electron chi connectivity index (χ1n) is 7.24. The Bertz CT molecular complexity index is 411. The lowest BCUT2D eigenvalue weighted by molar-refractivity contribution is -0.151. The highest BCUT2D eigenvalue weighted by Crippen LogP contribution is 2.16. The minimum atomic E-state index is -0.462. The fourth-order valence-electron chi connectivity index (χ4n) is 1.40. The summed E-state index contributed by atoms with van der Waals surface area (Å²) in [7, 11) is 0. The molecule has 0 rings (SSSR count). The first-order chi connectivity index (χ1) is 9.62. The fourth-order valence-corrected chi connectivity index (χ4v) is 1.40. The third kappa shape index (κ3) is 10.8. The first kappa shape index (κ1) is 19.4. The van der Waals surface area contributed by atoms with E-state index in [2.05, 4.69) is 6.08 Å². The van der Waals surface area contributed by atoms with Gasteiger partial charge in [0.25, 0.3) is 0 Å². The van der Waals surface area contributed by atoms with Crippen LogP contribution in [0, 0.1) is 5.41 Å². The van der Waals surface area contributed by atoms with Crippen molar-refractivity contribution in [2.45, 2.75) is 54.4 Å². The van der Waals surface area contributed by atoms with Crippen LogP contribution in [-0.2, 0) is 19.1 Å². The monoisotopic (exact) mass is 296 g/mol. The highest BCUT2D eigenvalue weighted by molar-refractivity contribution is 5.75. The molecule has 0 saturated carbocycles. The number of ether oxygens (including phenoxy) is 2. The van der Waals surface area contributed by atoms with Crippen molar-refractivity contribution in [3.63, 3.8) is 0 Å². The Labute approximate surface area is 128 Å². The summed E-state index contributed by atoms with van der Waals surface area (Å²) in [6, 6.07) is 0. The smallest absolute Gasteiger partial charge is 0.311 e. The second kappa shape index (κ2) is 9.37. The van der Waals surface area contributed by atoms with Gasteiger partial charge in [0, 0.05) is 6.92 Å². The lowest BCUT2D eigenvalue weighted by Crippen LogP contribution is -2.23. The Hall–Kier alpha value is -1.58. The molecule has 0 aromatic rings. The molecule has 0 fully saturated rings. The molecular weight excluding hydrogens is 268 g/mol. The first-order valence-corrected chi connectivity index (χ1v) is 7.24. The molecule has 0 radical (unpaired) electrons. The highest BCUT2D eigenvalue weighted by atomic mass is 16.5. The molecule has 21 heavy (non-hydrogen) atoms. The summed E-state index contributed by atoms with van der Waals surface area (Å²) in [5.74, 6) is -0.455. The minimum absolute atomic E-state index is 0.187. The summed E-state index contributed by atoms with van der Waals surface area (Å²) in [5, 5.41) is 0. The van der Waals surface area contributed by atoms with Gasteiger partial charge in [-0.05, 0) is 59.1 Å². The predicted octanol–water partition coefficient (Wildman–Crippen LogP) is 3.81. The van der Waals surface area contributed by atoms with Crippen LogP contribution in [0.1, 0.15) is 54.4 Å². The number of hydrogen-bond acceptors (Lipinski definition) is 4. The van der Waals surface area contributed by atoms with Crippen LogP contribution >= 0.6 is 0 Å². The van der Waals surface area contributed by atoms with Gasteiger partial charge in [0.1, 0.15) is 13.2 Å². The average Bonchev–Trinajstić information content (AvgIpc) is 2.34. The second-order valence-corrected chi connectivity index (χ2v) is 6.27. The van der Waals surface area contributed by atoms with Crippen molar-refractivity contribution in [2.24, 2.45) is 5.41 Å². The van der Waals surface area contributed by atoms with Crippen LogP contribution < -0.4 is 0 Å². The summed E-state index contributed by atoms with van der Waals surface area (Å²) in [6.07, 6.45) is 5.75. The number of esters is 2. The van der Waals surface area contributed by atoms with Gasteiger partial charge < -0.3 is 9.47 Å². The lowest BCUT2D eigenvalue weighted by atomic mass is 9.97. The van der Waals surface area contributed by atoms with Gasteiger partial charge in [-0.3, -0.25) is 9.59 Å². The lowest BCUT2D eigenvalue weighted by Gasteiger charge is -2.16. The summed E-state index contributed by atoms with van der Waals surface area (Å²) in [4.78, 5) is 22.2. The number of allylic oxidation sites excluding steroid dienone is 2. The molecular formula is C17H28O4. The summed E-state index contributed by atoms with van der Waals surface area (Å²) in [6.45, 7) is 11.5. The van der Waals surface area contributed by atoms with E-state index < -0.39 is 5.41 Å². The zero-order valence-corrected chi connectivity index (χ0v) is 14.1. The van der Waals surface area contributed by atoms with Gasteiger partial charge in [-0.2, -0.15) is 0 Å². The molecule has 0 atom stereocenters. The normalized spacial score (nSPS) is 13.0. The maximum Gasteiger partial charge on any atom is 0.311 e. The Kier molecular flexibility index (Phi) is 8.67. The molecule has 0 saturated heterocycles. The largest absolute Gasteiger partial charge is 0.462 e. The van der Waals surface area contributed by atoms with E-state index in [9.17, 15) is 9.59 Å². The van der Waals surface area contributed by atoms with Crippen LogP contribution in [0.4, 0.5) is 0 Å². The van der Waals surface area contributed by atoms with E-state index in [0.29, 0.717) is 13.2 Å². The van der Waals surface area contributed by atoms with Crippen LogP contribution in [0.3, 0.4) is 0 Å². The Morgan fingerprint density at radius 2 is 1.57 bits per heavy atom. The van der Waals surface area contributed by atoms with Gasteiger partial charge in [-0.15, -0.1) is 0 Å². The van der Waals surface area contributed by atoms with Gasteiger partial charge in [-0.25, -0.2) is 0 Å². The standard InChI is InChI=1S/C17H28O4/c1-13(10-11-20-15(3)18)8-7-9-14(2)12-21-16(19)17(4,5)6/h9-10H,7-8,11-12H2,1-6H3/b13-10+,14-9+. The van der Waals surface area contributed by atoms with Crippen molar-refractivity contribution in [3.8, 4) is 0 Å². The average molecular weight is 296 g/mol. The van der Waals surface area contributed by atoms with Crippen molar-refractivity contribution in [2.75, 3.05) is 13.2 Å². The van der Waals surface area contributed by atoms with E-state index in [1.165, 1.54) is 12.5 Å². The van der Waals surface area contributed by atoms with E-state index >= 15 is 0 Å². The van der Waals surface area contributed by atoms with E-state index in [4.69, 9.17) is 9.47 Å². The third-order valence-corrected chi connectivity index (χ3v) is 2.79. The highest BCUT2D eigenvalue weighted by Gasteiger charge is 2.22. The van der Waals surface area contributed by atoms with Gasteiger partial charge in [0.15, 0.2) is 0 Å². The van der Waals surface area contributed by atoms with E-state index in [1.54, 1.807) is 0 Å². The molecule has 0 aromatic heterocycles. The maximum absolute atomic E-state index is 11.6. The molecule has 0 aromatic carbocycles. The molecule has 4 nitrogen and oxygen atoms in total. The SMILES string of the molecule is CC(=O)OC/C=C(\C)CC/C=C(\C)COC(=O)C(C)(C)C. The van der Waals surface area contributed by atoms with Crippen LogP contribution in [0.5, 0.6) is 0 Å². The molecule has 0 amide bonds. The van der Waals surface area contributed by atoms with Crippen molar-refractivity contribution in [1.29, 1.82) is 0 Å². The van der Waals surface area contributed by atoms with Gasteiger partial charge >= 0.3 is 11.9 Å². The van der Waals surface area contributed by atoms with Crippen molar-refractivity contribution in [3.05, 3.63) is 23.3 Å².